The van der Waals surface area contributed by atoms with Gasteiger partial charge in [0.25, 0.3) is 0 Å². The SMILES string of the molecule is CCOC(=O)/C=C/c1nc(C(=O)OC)cc2c1[nH]c1ccccc12. The van der Waals surface area contributed by atoms with Gasteiger partial charge in [-0.2, -0.15) is 0 Å². The number of nitrogens with one attached hydrogen (secondary N) is 1. The molecule has 0 amide bonds. The molecule has 0 saturated heterocycles. The molecule has 1 N–H and O–H groups in total. The number of nitrogens with zero attached hydrogens (tertiary/aromatic N) is 1. The summed E-state index contributed by atoms with van der Waals surface area (Å²) in [7, 11) is 1.30. The minimum Gasteiger partial charge on any atom is -0.464 e. The number of aromatic amines is 1. The van der Waals surface area contributed by atoms with E-state index in [9.17, 15) is 9.59 Å². The van der Waals surface area contributed by atoms with E-state index in [-0.39, 0.29) is 5.69 Å². The van der Waals surface area contributed by atoms with Gasteiger partial charge in [0.2, 0.25) is 0 Å². The van der Waals surface area contributed by atoms with Crippen LogP contribution in [-0.2, 0) is 14.3 Å². The lowest BCUT2D eigenvalue weighted by Gasteiger charge is -2.03. The van der Waals surface area contributed by atoms with Gasteiger partial charge in [0.1, 0.15) is 5.69 Å². The van der Waals surface area contributed by atoms with Crippen LogP contribution in [0.3, 0.4) is 0 Å². The number of methoxy groups -OCH3 is 1. The summed E-state index contributed by atoms with van der Waals surface area (Å²) in [6.45, 7) is 2.03. The highest BCUT2D eigenvalue weighted by atomic mass is 16.5. The van der Waals surface area contributed by atoms with E-state index in [0.717, 1.165) is 21.8 Å². The summed E-state index contributed by atoms with van der Waals surface area (Å²) >= 11 is 0. The highest BCUT2D eigenvalue weighted by Crippen LogP contribution is 2.28. The average molecular weight is 324 g/mol. The molecule has 0 aliphatic heterocycles. The van der Waals surface area contributed by atoms with Crippen molar-refractivity contribution in [1.82, 2.24) is 9.97 Å². The molecule has 1 aromatic carbocycles. The third kappa shape index (κ3) is 2.86. The number of ether oxygens (including phenoxy) is 2. The first-order valence-electron chi connectivity index (χ1n) is 7.48. The van der Waals surface area contributed by atoms with Gasteiger partial charge in [-0.3, -0.25) is 0 Å². The highest BCUT2D eigenvalue weighted by molar-refractivity contribution is 6.11. The van der Waals surface area contributed by atoms with E-state index in [0.29, 0.717) is 12.3 Å². The van der Waals surface area contributed by atoms with Gasteiger partial charge in [0.15, 0.2) is 0 Å². The predicted octanol–water partition coefficient (Wildman–Crippen LogP) is 3.08. The fourth-order valence-electron chi connectivity index (χ4n) is 2.54. The molecule has 0 radical (unpaired) electrons. The summed E-state index contributed by atoms with van der Waals surface area (Å²) in [6, 6.07) is 9.41. The first-order chi connectivity index (χ1) is 11.6. The predicted molar refractivity (Wildman–Crippen MR) is 90.6 cm³/mol. The number of esters is 2. The molecule has 0 spiro atoms. The second-order valence-corrected chi connectivity index (χ2v) is 5.06. The third-order valence-corrected chi connectivity index (χ3v) is 3.58. The van der Waals surface area contributed by atoms with Gasteiger partial charge < -0.3 is 14.5 Å². The molecule has 0 unspecified atom stereocenters. The molecule has 0 atom stereocenters. The average Bonchev–Trinajstić information content (AvgIpc) is 2.98. The fraction of sp³-hybridized carbons (Fsp3) is 0.167. The van der Waals surface area contributed by atoms with E-state index in [1.165, 1.54) is 19.3 Å². The third-order valence-electron chi connectivity index (χ3n) is 3.58. The topological polar surface area (TPSA) is 81.3 Å². The Morgan fingerprint density at radius 2 is 2.04 bits per heavy atom. The summed E-state index contributed by atoms with van der Waals surface area (Å²) in [5.74, 6) is -1.00. The quantitative estimate of drug-likeness (QED) is 0.589. The number of para-hydroxylation sites is 1. The number of fused-ring (bicyclic) bond motifs is 3. The molecular formula is C18H16N2O4. The van der Waals surface area contributed by atoms with Crippen molar-refractivity contribution >= 4 is 39.8 Å². The molecule has 0 fully saturated rings. The highest BCUT2D eigenvalue weighted by Gasteiger charge is 2.15. The lowest BCUT2D eigenvalue weighted by molar-refractivity contribution is -0.137. The van der Waals surface area contributed by atoms with E-state index in [1.54, 1.807) is 13.0 Å². The second-order valence-electron chi connectivity index (χ2n) is 5.06. The maximum atomic E-state index is 11.9. The van der Waals surface area contributed by atoms with E-state index < -0.39 is 11.9 Å². The van der Waals surface area contributed by atoms with Crippen LogP contribution in [0.25, 0.3) is 27.9 Å². The zero-order valence-electron chi connectivity index (χ0n) is 13.3. The second kappa shape index (κ2) is 6.54. The maximum Gasteiger partial charge on any atom is 0.356 e. The molecule has 2 heterocycles. The van der Waals surface area contributed by atoms with Gasteiger partial charge in [0, 0.05) is 22.4 Å². The zero-order valence-corrected chi connectivity index (χ0v) is 13.3. The molecular weight excluding hydrogens is 308 g/mol. The van der Waals surface area contributed by atoms with Gasteiger partial charge in [-0.1, -0.05) is 18.2 Å². The van der Waals surface area contributed by atoms with Gasteiger partial charge in [-0.05, 0) is 25.1 Å². The molecule has 0 aliphatic carbocycles. The Morgan fingerprint density at radius 3 is 2.79 bits per heavy atom. The van der Waals surface area contributed by atoms with Crippen LogP contribution >= 0.6 is 0 Å². The molecule has 0 aliphatic rings. The van der Waals surface area contributed by atoms with Crippen LogP contribution in [0.1, 0.15) is 23.1 Å². The molecule has 3 rings (SSSR count). The Balaban J connectivity index is 2.21. The maximum absolute atomic E-state index is 11.9. The number of carbonyl (C=O) groups is 2. The first-order valence-corrected chi connectivity index (χ1v) is 7.48. The number of H-pyrrole nitrogens is 1. The van der Waals surface area contributed by atoms with E-state index in [4.69, 9.17) is 9.47 Å². The van der Waals surface area contributed by atoms with Gasteiger partial charge in [-0.25, -0.2) is 14.6 Å². The Labute approximate surface area is 138 Å². The molecule has 0 saturated carbocycles. The van der Waals surface area contributed by atoms with Crippen molar-refractivity contribution in [3.05, 3.63) is 47.8 Å². The lowest BCUT2D eigenvalue weighted by atomic mass is 10.1. The van der Waals surface area contributed by atoms with Crippen molar-refractivity contribution in [2.75, 3.05) is 13.7 Å². The van der Waals surface area contributed by atoms with Crippen molar-refractivity contribution in [3.8, 4) is 0 Å². The van der Waals surface area contributed by atoms with Gasteiger partial charge in [0.05, 0.1) is 24.9 Å². The minimum absolute atomic E-state index is 0.179. The molecule has 0 bridgehead atoms. The van der Waals surface area contributed by atoms with Crippen LogP contribution < -0.4 is 0 Å². The van der Waals surface area contributed by atoms with E-state index in [1.807, 2.05) is 24.3 Å². The van der Waals surface area contributed by atoms with Crippen LogP contribution in [-0.4, -0.2) is 35.6 Å². The first kappa shape index (κ1) is 15.7. The number of benzene rings is 1. The number of hydrogen-bond acceptors (Lipinski definition) is 5. The Morgan fingerprint density at radius 1 is 1.25 bits per heavy atom. The van der Waals surface area contributed by atoms with E-state index in [2.05, 4.69) is 9.97 Å². The normalized spacial score (nSPS) is 11.2. The minimum atomic E-state index is -0.534. The smallest absolute Gasteiger partial charge is 0.356 e. The monoisotopic (exact) mass is 324 g/mol. The molecule has 24 heavy (non-hydrogen) atoms. The van der Waals surface area contributed by atoms with Gasteiger partial charge in [-0.15, -0.1) is 0 Å². The van der Waals surface area contributed by atoms with Crippen LogP contribution in [0, 0.1) is 0 Å². The molecule has 122 valence electrons. The van der Waals surface area contributed by atoms with Gasteiger partial charge >= 0.3 is 11.9 Å². The molecule has 3 aromatic rings. The van der Waals surface area contributed by atoms with Crippen LogP contribution in [0.5, 0.6) is 0 Å². The Kier molecular flexibility index (Phi) is 4.29. The number of rotatable bonds is 4. The van der Waals surface area contributed by atoms with Crippen molar-refractivity contribution in [1.29, 1.82) is 0 Å². The molecule has 2 aromatic heterocycles. The summed E-state index contributed by atoms with van der Waals surface area (Å²) in [4.78, 5) is 31.0. The Hall–Kier alpha value is -3.15. The number of aromatic nitrogens is 2. The number of pyridine rings is 1. The summed E-state index contributed by atoms with van der Waals surface area (Å²) in [5, 5.41) is 1.80. The summed E-state index contributed by atoms with van der Waals surface area (Å²) < 4.78 is 9.64. The Bertz CT molecular complexity index is 956. The number of carbonyl (C=O) groups excluding carboxylic acids is 2. The standard InChI is InChI=1S/C18H16N2O4/c1-3-24-16(21)9-8-14-17-12(10-15(19-14)18(22)23-2)11-6-4-5-7-13(11)20-17/h4-10,20H,3H2,1-2H3/b9-8+. The van der Waals surface area contributed by atoms with Crippen LogP contribution in [0.2, 0.25) is 0 Å². The van der Waals surface area contributed by atoms with E-state index >= 15 is 0 Å². The van der Waals surface area contributed by atoms with Crippen molar-refractivity contribution in [2.45, 2.75) is 6.92 Å². The fourth-order valence-corrected chi connectivity index (χ4v) is 2.54. The largest absolute Gasteiger partial charge is 0.464 e. The van der Waals surface area contributed by atoms with Crippen LogP contribution in [0.4, 0.5) is 0 Å². The number of hydrogen-bond donors (Lipinski definition) is 1. The van der Waals surface area contributed by atoms with Crippen molar-refractivity contribution in [2.24, 2.45) is 0 Å². The summed E-state index contributed by atoms with van der Waals surface area (Å²) in [5.41, 5.74) is 2.31. The molecule has 6 heteroatoms. The lowest BCUT2D eigenvalue weighted by Crippen LogP contribution is -2.05. The van der Waals surface area contributed by atoms with Crippen molar-refractivity contribution in [3.63, 3.8) is 0 Å². The van der Waals surface area contributed by atoms with Crippen LogP contribution in [0.15, 0.2) is 36.4 Å². The molecule has 6 nitrogen and oxygen atoms in total. The summed E-state index contributed by atoms with van der Waals surface area (Å²) in [6.07, 6.45) is 2.82. The zero-order chi connectivity index (χ0) is 17.1. The van der Waals surface area contributed by atoms with Crippen molar-refractivity contribution < 1.29 is 19.1 Å².